The molecule has 3 aromatic rings. The van der Waals surface area contributed by atoms with E-state index in [2.05, 4.69) is 29.2 Å². The molecule has 2 aliphatic heterocycles. The fraction of sp³-hybridized carbons (Fsp3) is 0.250. The maximum atomic E-state index is 12.8. The highest BCUT2D eigenvalue weighted by atomic mass is 16.5. The van der Waals surface area contributed by atoms with Gasteiger partial charge in [0.25, 0.3) is 0 Å². The van der Waals surface area contributed by atoms with E-state index in [0.29, 0.717) is 23.7 Å². The number of hydrogen-bond acceptors (Lipinski definition) is 4. The number of rotatable bonds is 6. The zero-order valence-electron chi connectivity index (χ0n) is 18.1. The molecular weight excluding hydrogens is 398 g/mol. The van der Waals surface area contributed by atoms with Crippen LogP contribution < -0.4 is 9.47 Å². The summed E-state index contributed by atoms with van der Waals surface area (Å²) in [7, 11) is 0. The summed E-state index contributed by atoms with van der Waals surface area (Å²) in [5.41, 5.74) is 3.82. The monoisotopic (exact) mass is 425 g/mol. The molecule has 162 valence electrons. The lowest BCUT2D eigenvalue weighted by Gasteiger charge is -2.26. The van der Waals surface area contributed by atoms with Crippen LogP contribution >= 0.6 is 0 Å². The average molecular weight is 426 g/mol. The highest BCUT2D eigenvalue weighted by Gasteiger charge is 2.27. The van der Waals surface area contributed by atoms with E-state index in [9.17, 15) is 4.79 Å². The molecule has 0 aromatic heterocycles. The first-order chi connectivity index (χ1) is 15.8. The van der Waals surface area contributed by atoms with Crippen molar-refractivity contribution in [2.45, 2.75) is 19.3 Å². The second-order valence-electron chi connectivity index (χ2n) is 8.34. The van der Waals surface area contributed by atoms with Crippen LogP contribution in [0.4, 0.5) is 0 Å². The summed E-state index contributed by atoms with van der Waals surface area (Å²) >= 11 is 0. The summed E-state index contributed by atoms with van der Waals surface area (Å²) in [5, 5.41) is 0. The predicted octanol–water partition coefficient (Wildman–Crippen LogP) is 5.83. The zero-order valence-corrected chi connectivity index (χ0v) is 18.1. The summed E-state index contributed by atoms with van der Waals surface area (Å²) in [6, 6.07) is 23.8. The number of likely N-dealkylation sites (tertiary alicyclic amines) is 1. The summed E-state index contributed by atoms with van der Waals surface area (Å²) < 4.78 is 11.8. The van der Waals surface area contributed by atoms with Gasteiger partial charge in [0.1, 0.15) is 18.1 Å². The van der Waals surface area contributed by atoms with Crippen LogP contribution in [0.1, 0.15) is 35.2 Å². The third-order valence-electron chi connectivity index (χ3n) is 6.08. The second-order valence-corrected chi connectivity index (χ2v) is 8.34. The van der Waals surface area contributed by atoms with Crippen LogP contribution in [0.15, 0.2) is 78.6 Å². The van der Waals surface area contributed by atoms with Crippen LogP contribution in [0.25, 0.3) is 17.2 Å². The van der Waals surface area contributed by atoms with Crippen molar-refractivity contribution in [2.24, 2.45) is 0 Å². The van der Waals surface area contributed by atoms with Gasteiger partial charge in [-0.3, -0.25) is 9.69 Å². The van der Waals surface area contributed by atoms with Crippen molar-refractivity contribution >= 4 is 11.9 Å². The van der Waals surface area contributed by atoms with Crippen molar-refractivity contribution in [3.63, 3.8) is 0 Å². The number of carbonyl (C=O) groups excluding carboxylic acids is 1. The number of nitrogens with zero attached hydrogens (tertiary/aromatic N) is 1. The van der Waals surface area contributed by atoms with Crippen molar-refractivity contribution in [3.8, 4) is 22.6 Å². The minimum Gasteiger partial charge on any atom is -0.492 e. The summed E-state index contributed by atoms with van der Waals surface area (Å²) in [6.07, 6.45) is 5.69. The van der Waals surface area contributed by atoms with Gasteiger partial charge >= 0.3 is 0 Å². The summed E-state index contributed by atoms with van der Waals surface area (Å²) in [6.45, 7) is 3.89. The Bertz CT molecular complexity index is 1110. The average Bonchev–Trinajstić information content (AvgIpc) is 3.15. The van der Waals surface area contributed by atoms with Gasteiger partial charge in [-0.25, -0.2) is 0 Å². The molecule has 0 saturated carbocycles. The number of carbonyl (C=O) groups is 1. The minimum atomic E-state index is -0.0907. The van der Waals surface area contributed by atoms with Crippen molar-refractivity contribution in [1.82, 2.24) is 4.90 Å². The predicted molar refractivity (Wildman–Crippen MR) is 127 cm³/mol. The Morgan fingerprint density at radius 1 is 0.875 bits per heavy atom. The Morgan fingerprint density at radius 2 is 1.62 bits per heavy atom. The van der Waals surface area contributed by atoms with E-state index in [0.717, 1.165) is 36.5 Å². The van der Waals surface area contributed by atoms with E-state index in [1.54, 1.807) is 12.1 Å². The van der Waals surface area contributed by atoms with Gasteiger partial charge < -0.3 is 9.47 Å². The minimum absolute atomic E-state index is 0.0907. The van der Waals surface area contributed by atoms with Gasteiger partial charge in [0.15, 0.2) is 5.76 Å². The first-order valence-electron chi connectivity index (χ1n) is 11.4. The number of benzene rings is 3. The largest absolute Gasteiger partial charge is 0.492 e. The van der Waals surface area contributed by atoms with Gasteiger partial charge in [-0.2, -0.15) is 0 Å². The molecule has 0 aliphatic carbocycles. The molecule has 0 unspecified atom stereocenters. The molecule has 1 saturated heterocycles. The molecule has 1 fully saturated rings. The van der Waals surface area contributed by atoms with Crippen LogP contribution in [0.2, 0.25) is 0 Å². The standard InChI is InChI=1S/C28H27NO3/c30-28-25-14-13-24(31-18-17-29-15-5-2-6-16-29)20-26(25)32-27(28)19-21-9-11-23(12-10-21)22-7-3-1-4-8-22/h1,3-4,7-14,19-20H,2,5-6,15-18H2/b27-19-. The second kappa shape index (κ2) is 9.41. The van der Waals surface area contributed by atoms with Gasteiger partial charge in [-0.05, 0) is 60.8 Å². The molecular formula is C28H27NO3. The number of hydrogen-bond donors (Lipinski definition) is 0. The van der Waals surface area contributed by atoms with Crippen LogP contribution in [0, 0.1) is 0 Å². The summed E-state index contributed by atoms with van der Waals surface area (Å²) in [5.74, 6) is 1.56. The Kier molecular flexibility index (Phi) is 6.04. The van der Waals surface area contributed by atoms with Gasteiger partial charge in [0, 0.05) is 12.6 Å². The SMILES string of the molecule is O=C1/C(=C/c2ccc(-c3ccccc3)cc2)Oc2cc(OCCN3CCCCC3)ccc21. The van der Waals surface area contributed by atoms with E-state index in [1.165, 1.54) is 24.8 Å². The number of ether oxygens (including phenoxy) is 2. The number of fused-ring (bicyclic) bond motifs is 1. The van der Waals surface area contributed by atoms with Gasteiger partial charge in [0.05, 0.1) is 5.56 Å². The zero-order chi connectivity index (χ0) is 21.8. The van der Waals surface area contributed by atoms with Crippen molar-refractivity contribution < 1.29 is 14.3 Å². The first kappa shape index (κ1) is 20.5. The van der Waals surface area contributed by atoms with E-state index in [1.807, 2.05) is 42.5 Å². The molecule has 0 spiro atoms. The molecule has 4 nitrogen and oxygen atoms in total. The fourth-order valence-electron chi connectivity index (χ4n) is 4.29. The molecule has 5 rings (SSSR count). The number of Topliss-reactive ketones (excluding diaryl/α,β-unsaturated/α-hetero) is 1. The molecule has 0 radical (unpaired) electrons. The quantitative estimate of drug-likeness (QED) is 0.466. The van der Waals surface area contributed by atoms with Crippen molar-refractivity contribution in [1.29, 1.82) is 0 Å². The van der Waals surface area contributed by atoms with Crippen molar-refractivity contribution in [2.75, 3.05) is 26.2 Å². The molecule has 4 heteroatoms. The van der Waals surface area contributed by atoms with Gasteiger partial charge in [0.2, 0.25) is 5.78 Å². The van der Waals surface area contributed by atoms with Crippen LogP contribution in [-0.4, -0.2) is 36.9 Å². The highest BCUT2D eigenvalue weighted by Crippen LogP contribution is 2.35. The highest BCUT2D eigenvalue weighted by molar-refractivity contribution is 6.14. The normalized spacial score (nSPS) is 17.2. The Hall–Kier alpha value is -3.37. The maximum Gasteiger partial charge on any atom is 0.231 e. The smallest absolute Gasteiger partial charge is 0.231 e. The third kappa shape index (κ3) is 4.61. The van der Waals surface area contributed by atoms with Crippen LogP contribution in [-0.2, 0) is 0 Å². The molecule has 0 atom stereocenters. The Labute approximate surface area is 189 Å². The van der Waals surface area contributed by atoms with Gasteiger partial charge in [-0.15, -0.1) is 0 Å². The molecule has 0 N–H and O–H groups in total. The molecule has 0 bridgehead atoms. The fourth-order valence-corrected chi connectivity index (χ4v) is 4.29. The lowest BCUT2D eigenvalue weighted by atomic mass is 10.0. The first-order valence-corrected chi connectivity index (χ1v) is 11.4. The number of ketones is 1. The molecule has 32 heavy (non-hydrogen) atoms. The molecule has 2 aliphatic rings. The topological polar surface area (TPSA) is 38.8 Å². The van der Waals surface area contributed by atoms with E-state index in [-0.39, 0.29) is 5.78 Å². The van der Waals surface area contributed by atoms with Gasteiger partial charge in [-0.1, -0.05) is 61.0 Å². The van der Waals surface area contributed by atoms with Crippen LogP contribution in [0.3, 0.4) is 0 Å². The lowest BCUT2D eigenvalue weighted by Crippen LogP contribution is -2.33. The third-order valence-corrected chi connectivity index (χ3v) is 6.08. The molecule has 3 aromatic carbocycles. The lowest BCUT2D eigenvalue weighted by molar-refractivity contribution is 0.101. The molecule has 2 heterocycles. The molecule has 0 amide bonds. The Morgan fingerprint density at radius 3 is 2.41 bits per heavy atom. The van der Waals surface area contributed by atoms with Crippen LogP contribution in [0.5, 0.6) is 11.5 Å². The van der Waals surface area contributed by atoms with E-state index >= 15 is 0 Å². The van der Waals surface area contributed by atoms with Crippen molar-refractivity contribution in [3.05, 3.63) is 89.7 Å². The number of allylic oxidation sites excluding steroid dienone is 1. The summed E-state index contributed by atoms with van der Waals surface area (Å²) in [4.78, 5) is 15.2. The maximum absolute atomic E-state index is 12.8. The Balaban J connectivity index is 1.24. The number of piperidine rings is 1. The van der Waals surface area contributed by atoms with E-state index in [4.69, 9.17) is 9.47 Å². The van der Waals surface area contributed by atoms with E-state index < -0.39 is 0 Å².